The molecule has 0 bridgehead atoms. The van der Waals surface area contributed by atoms with Crippen molar-refractivity contribution in [3.05, 3.63) is 48.5 Å². The van der Waals surface area contributed by atoms with Gasteiger partial charge in [-0.15, -0.1) is 0 Å². The Labute approximate surface area is 187 Å². The summed E-state index contributed by atoms with van der Waals surface area (Å²) in [5, 5.41) is 6.79. The van der Waals surface area contributed by atoms with E-state index in [4.69, 9.17) is 9.47 Å². The van der Waals surface area contributed by atoms with Crippen LogP contribution in [0.1, 0.15) is 12.8 Å². The molecule has 1 unspecified atom stereocenters. The van der Waals surface area contributed by atoms with Gasteiger partial charge in [0.2, 0.25) is 0 Å². The van der Waals surface area contributed by atoms with Gasteiger partial charge in [0.05, 0.1) is 25.0 Å². The molecule has 0 radical (unpaired) electrons. The molecule has 31 heavy (non-hydrogen) atoms. The summed E-state index contributed by atoms with van der Waals surface area (Å²) in [4.78, 5) is 7.53. The highest BCUT2D eigenvalue weighted by molar-refractivity contribution is 7.85. The molecule has 1 aliphatic rings. The Balaban J connectivity index is 1.45. The first kappa shape index (κ1) is 22.9. The summed E-state index contributed by atoms with van der Waals surface area (Å²) in [6, 6.07) is 15.9. The normalized spacial score (nSPS) is 16.0. The molecule has 0 spiro atoms. The summed E-state index contributed by atoms with van der Waals surface area (Å²) in [6.45, 7) is 2.47. The zero-order chi connectivity index (χ0) is 22.1. The number of aliphatic imine (C=N–C) groups is 1. The first-order valence-corrected chi connectivity index (χ1v) is 11.8. The Bertz CT molecular complexity index is 861. The molecule has 0 amide bonds. The third-order valence-corrected chi connectivity index (χ3v) is 6.72. The van der Waals surface area contributed by atoms with E-state index in [1.54, 1.807) is 21.3 Å². The van der Waals surface area contributed by atoms with Gasteiger partial charge < -0.3 is 25.0 Å². The number of benzene rings is 2. The number of piperidine rings is 1. The first-order valence-electron chi connectivity index (χ1n) is 10.5. The Morgan fingerprint density at radius 1 is 1.10 bits per heavy atom. The highest BCUT2D eigenvalue weighted by Crippen LogP contribution is 2.30. The number of nitrogens with zero attached hydrogens (tertiary/aromatic N) is 2. The fourth-order valence-corrected chi connectivity index (χ4v) is 4.58. The van der Waals surface area contributed by atoms with Crippen molar-refractivity contribution in [1.29, 1.82) is 0 Å². The van der Waals surface area contributed by atoms with Crippen LogP contribution in [0.25, 0.3) is 0 Å². The molecular formula is C23H32N4O3S. The smallest absolute Gasteiger partial charge is 0.191 e. The minimum Gasteiger partial charge on any atom is -0.497 e. The monoisotopic (exact) mass is 444 g/mol. The Morgan fingerprint density at radius 2 is 1.74 bits per heavy atom. The number of ether oxygens (including phenoxy) is 2. The maximum Gasteiger partial charge on any atom is 0.191 e. The van der Waals surface area contributed by atoms with Crippen molar-refractivity contribution in [2.45, 2.75) is 23.8 Å². The van der Waals surface area contributed by atoms with E-state index < -0.39 is 10.8 Å². The zero-order valence-electron chi connectivity index (χ0n) is 18.5. The van der Waals surface area contributed by atoms with E-state index in [2.05, 4.69) is 20.5 Å². The van der Waals surface area contributed by atoms with Crippen molar-refractivity contribution >= 4 is 22.4 Å². The predicted molar refractivity (Wildman–Crippen MR) is 127 cm³/mol. The second-order valence-electron chi connectivity index (χ2n) is 7.34. The van der Waals surface area contributed by atoms with Crippen molar-refractivity contribution in [2.24, 2.45) is 4.99 Å². The van der Waals surface area contributed by atoms with E-state index in [0.717, 1.165) is 54.0 Å². The van der Waals surface area contributed by atoms with Crippen molar-refractivity contribution < 1.29 is 13.7 Å². The van der Waals surface area contributed by atoms with Crippen LogP contribution >= 0.6 is 0 Å². The van der Waals surface area contributed by atoms with Gasteiger partial charge in [-0.25, -0.2) is 0 Å². The van der Waals surface area contributed by atoms with Crippen LogP contribution in [0.2, 0.25) is 0 Å². The molecule has 1 saturated heterocycles. The second kappa shape index (κ2) is 11.6. The SMILES string of the molecule is CN=C(NCCS(=O)c1ccccc1)NC1CCN(c2cc(OC)cc(OC)c2)CC1. The highest BCUT2D eigenvalue weighted by Gasteiger charge is 2.21. The summed E-state index contributed by atoms with van der Waals surface area (Å²) in [5.41, 5.74) is 1.11. The van der Waals surface area contributed by atoms with Gasteiger partial charge in [-0.1, -0.05) is 18.2 Å². The molecule has 8 heteroatoms. The van der Waals surface area contributed by atoms with E-state index in [0.29, 0.717) is 18.3 Å². The zero-order valence-corrected chi connectivity index (χ0v) is 19.3. The maximum atomic E-state index is 12.4. The van der Waals surface area contributed by atoms with E-state index in [-0.39, 0.29) is 0 Å². The minimum absolute atomic E-state index is 0.342. The average molecular weight is 445 g/mol. The second-order valence-corrected chi connectivity index (χ2v) is 8.91. The molecule has 2 aromatic carbocycles. The number of nitrogens with one attached hydrogen (secondary N) is 2. The lowest BCUT2D eigenvalue weighted by molar-refractivity contribution is 0.393. The molecule has 1 fully saturated rings. The quantitative estimate of drug-likeness (QED) is 0.482. The van der Waals surface area contributed by atoms with E-state index in [9.17, 15) is 4.21 Å². The van der Waals surface area contributed by atoms with Gasteiger partial charge in [0.1, 0.15) is 11.5 Å². The van der Waals surface area contributed by atoms with Crippen LogP contribution < -0.4 is 25.0 Å². The molecule has 2 aromatic rings. The lowest BCUT2D eigenvalue weighted by atomic mass is 10.0. The van der Waals surface area contributed by atoms with Crippen LogP contribution in [0.5, 0.6) is 11.5 Å². The number of methoxy groups -OCH3 is 2. The van der Waals surface area contributed by atoms with E-state index >= 15 is 0 Å². The van der Waals surface area contributed by atoms with Gasteiger partial charge >= 0.3 is 0 Å². The molecule has 1 atom stereocenters. The lowest BCUT2D eigenvalue weighted by Crippen LogP contribution is -2.49. The molecule has 1 heterocycles. The molecule has 0 saturated carbocycles. The molecule has 1 aliphatic heterocycles. The number of guanidine groups is 1. The van der Waals surface area contributed by atoms with Gasteiger partial charge in [-0.05, 0) is 25.0 Å². The Kier molecular flexibility index (Phi) is 8.58. The van der Waals surface area contributed by atoms with Crippen molar-refractivity contribution in [3.63, 3.8) is 0 Å². The van der Waals surface area contributed by atoms with E-state index in [1.165, 1.54) is 0 Å². The maximum absolute atomic E-state index is 12.4. The van der Waals surface area contributed by atoms with Crippen LogP contribution in [0.4, 0.5) is 5.69 Å². The Hall–Kier alpha value is -2.74. The van der Waals surface area contributed by atoms with Crippen LogP contribution in [0.15, 0.2) is 58.4 Å². The third-order valence-electron chi connectivity index (χ3n) is 5.35. The van der Waals surface area contributed by atoms with Gasteiger partial charge in [0, 0.05) is 67.3 Å². The van der Waals surface area contributed by atoms with E-state index in [1.807, 2.05) is 48.5 Å². The largest absolute Gasteiger partial charge is 0.497 e. The standard InChI is InChI=1S/C23H32N4O3S/c1-24-23(25-11-14-31(28)22-7-5-4-6-8-22)26-18-9-12-27(13-10-18)19-15-20(29-2)17-21(16-19)30-3/h4-8,15-18H,9-14H2,1-3H3,(H2,24,25,26). The number of hydrogen-bond donors (Lipinski definition) is 2. The van der Waals surface area contributed by atoms with Gasteiger partial charge in [-0.2, -0.15) is 0 Å². The molecule has 7 nitrogen and oxygen atoms in total. The topological polar surface area (TPSA) is 75.2 Å². The summed E-state index contributed by atoms with van der Waals surface area (Å²) in [6.07, 6.45) is 1.99. The van der Waals surface area contributed by atoms with Gasteiger partial charge in [-0.3, -0.25) is 9.20 Å². The lowest BCUT2D eigenvalue weighted by Gasteiger charge is -2.34. The molecular weight excluding hydrogens is 412 g/mol. The average Bonchev–Trinajstić information content (AvgIpc) is 2.83. The number of anilines is 1. The van der Waals surface area contributed by atoms with Crippen LogP contribution in [0.3, 0.4) is 0 Å². The summed E-state index contributed by atoms with van der Waals surface area (Å²) in [7, 11) is 4.09. The molecule has 3 rings (SSSR count). The number of rotatable bonds is 8. The van der Waals surface area contributed by atoms with Crippen molar-refractivity contribution in [3.8, 4) is 11.5 Å². The molecule has 168 valence electrons. The third kappa shape index (κ3) is 6.62. The fraction of sp³-hybridized carbons (Fsp3) is 0.435. The minimum atomic E-state index is -1.01. The summed E-state index contributed by atoms with van der Waals surface area (Å²) < 4.78 is 23.1. The van der Waals surface area contributed by atoms with Crippen LogP contribution in [0, 0.1) is 0 Å². The van der Waals surface area contributed by atoms with Gasteiger partial charge in [0.25, 0.3) is 0 Å². The summed E-state index contributed by atoms with van der Waals surface area (Å²) >= 11 is 0. The van der Waals surface area contributed by atoms with Crippen molar-refractivity contribution in [1.82, 2.24) is 10.6 Å². The van der Waals surface area contributed by atoms with Crippen LogP contribution in [-0.4, -0.2) is 62.9 Å². The molecule has 0 aliphatic carbocycles. The fourth-order valence-electron chi connectivity index (χ4n) is 3.60. The number of hydrogen-bond acceptors (Lipinski definition) is 5. The molecule has 0 aromatic heterocycles. The Morgan fingerprint density at radius 3 is 2.32 bits per heavy atom. The predicted octanol–water partition coefficient (Wildman–Crippen LogP) is 2.65. The van der Waals surface area contributed by atoms with Crippen LogP contribution in [-0.2, 0) is 10.8 Å². The first-order chi connectivity index (χ1) is 15.1. The van der Waals surface area contributed by atoms with Crippen molar-refractivity contribution in [2.75, 3.05) is 51.6 Å². The highest BCUT2D eigenvalue weighted by atomic mass is 32.2. The van der Waals surface area contributed by atoms with Gasteiger partial charge in [0.15, 0.2) is 5.96 Å². The molecule has 2 N–H and O–H groups in total. The summed E-state index contributed by atoms with van der Waals surface area (Å²) in [5.74, 6) is 2.90.